The zero-order chi connectivity index (χ0) is 20.5. The van der Waals surface area contributed by atoms with Crippen LogP contribution in [0, 0.1) is 12.7 Å². The first-order valence-electron chi connectivity index (χ1n) is 9.99. The first-order chi connectivity index (χ1) is 13.9. The van der Waals surface area contributed by atoms with Crippen molar-refractivity contribution in [2.75, 3.05) is 32.7 Å². The summed E-state index contributed by atoms with van der Waals surface area (Å²) in [6.45, 7) is 5.57. The van der Waals surface area contributed by atoms with Crippen LogP contribution >= 0.6 is 0 Å². The van der Waals surface area contributed by atoms with E-state index >= 15 is 0 Å². The lowest BCUT2D eigenvalue weighted by molar-refractivity contribution is -0.142. The highest BCUT2D eigenvalue weighted by Gasteiger charge is 2.38. The van der Waals surface area contributed by atoms with Crippen molar-refractivity contribution in [1.82, 2.24) is 24.5 Å². The average Bonchev–Trinajstić information content (AvgIpc) is 2.91. The molecular weight excluding hydrogens is 373 g/mol. The number of fused-ring (bicyclic) bond motifs is 1. The molecule has 1 aromatic carbocycles. The van der Waals surface area contributed by atoms with Crippen molar-refractivity contribution in [3.05, 3.63) is 53.1 Å². The number of halogens is 1. The van der Waals surface area contributed by atoms with Gasteiger partial charge in [0.2, 0.25) is 5.91 Å². The molecule has 2 aliphatic heterocycles. The molecule has 154 valence electrons. The minimum atomic E-state index is -0.347. The van der Waals surface area contributed by atoms with Crippen molar-refractivity contribution >= 4 is 11.8 Å². The average molecular weight is 399 g/mol. The summed E-state index contributed by atoms with van der Waals surface area (Å²) >= 11 is 0. The van der Waals surface area contributed by atoms with Crippen molar-refractivity contribution in [3.63, 3.8) is 0 Å². The van der Waals surface area contributed by atoms with Gasteiger partial charge in [-0.2, -0.15) is 5.10 Å². The molecule has 29 heavy (non-hydrogen) atoms. The number of aromatic nitrogens is 2. The van der Waals surface area contributed by atoms with Crippen molar-refractivity contribution in [1.29, 1.82) is 0 Å². The van der Waals surface area contributed by atoms with E-state index in [1.807, 2.05) is 18.9 Å². The molecule has 3 heterocycles. The Bertz CT molecular complexity index is 891. The third-order valence-corrected chi connectivity index (χ3v) is 5.87. The second-order valence-corrected chi connectivity index (χ2v) is 7.84. The van der Waals surface area contributed by atoms with Crippen LogP contribution in [0.15, 0.2) is 30.3 Å². The van der Waals surface area contributed by atoms with E-state index in [2.05, 4.69) is 10.00 Å². The van der Waals surface area contributed by atoms with E-state index in [1.165, 1.54) is 12.1 Å². The van der Waals surface area contributed by atoms with E-state index in [-0.39, 0.29) is 23.7 Å². The highest BCUT2D eigenvalue weighted by atomic mass is 19.1. The normalized spacial score (nSPS) is 20.5. The largest absolute Gasteiger partial charge is 0.336 e. The summed E-state index contributed by atoms with van der Waals surface area (Å²) in [4.78, 5) is 31.9. The predicted octanol–water partition coefficient (Wildman–Crippen LogP) is 1.43. The van der Waals surface area contributed by atoms with Gasteiger partial charge >= 0.3 is 0 Å². The van der Waals surface area contributed by atoms with E-state index in [0.29, 0.717) is 31.9 Å². The number of hydrogen-bond donors (Lipinski definition) is 0. The van der Waals surface area contributed by atoms with Crippen LogP contribution in [0.25, 0.3) is 0 Å². The molecule has 0 aliphatic carbocycles. The van der Waals surface area contributed by atoms with Crippen LogP contribution in [0.3, 0.4) is 0 Å². The van der Waals surface area contributed by atoms with E-state index < -0.39 is 0 Å². The quantitative estimate of drug-likeness (QED) is 0.783. The molecule has 1 unspecified atom stereocenters. The Labute approximate surface area is 169 Å². The van der Waals surface area contributed by atoms with Gasteiger partial charge in [0.15, 0.2) is 5.69 Å². The van der Waals surface area contributed by atoms with Gasteiger partial charge in [-0.25, -0.2) is 4.39 Å². The summed E-state index contributed by atoms with van der Waals surface area (Å²) in [5.41, 5.74) is 2.24. The Morgan fingerprint density at radius 3 is 2.62 bits per heavy atom. The number of benzene rings is 1. The lowest BCUT2D eigenvalue weighted by atomic mass is 10.1. The van der Waals surface area contributed by atoms with Crippen molar-refractivity contribution < 1.29 is 14.0 Å². The summed E-state index contributed by atoms with van der Waals surface area (Å²) in [5.74, 6) is -0.385. The summed E-state index contributed by atoms with van der Waals surface area (Å²) in [7, 11) is 1.81. The van der Waals surface area contributed by atoms with Crippen LogP contribution < -0.4 is 0 Å². The van der Waals surface area contributed by atoms with Crippen LogP contribution in [0.5, 0.6) is 0 Å². The van der Waals surface area contributed by atoms with Gasteiger partial charge in [0.1, 0.15) is 11.9 Å². The maximum absolute atomic E-state index is 13.2. The number of piperazine rings is 1. The Kier molecular flexibility index (Phi) is 5.36. The number of amides is 2. The van der Waals surface area contributed by atoms with E-state index in [0.717, 1.165) is 30.8 Å². The standard InChI is InChI=1S/C21H26FN5O2/c1-15-12-18(23-24(15)2)20(28)26-9-3-8-25-10-11-27(21(29)19(25)14-26)13-16-4-6-17(22)7-5-16/h4-7,12,19H,3,8-11,13-14H2,1-2H3. The second kappa shape index (κ2) is 7.94. The van der Waals surface area contributed by atoms with Gasteiger partial charge < -0.3 is 9.80 Å². The number of carbonyl (C=O) groups excluding carboxylic acids is 2. The first kappa shape index (κ1) is 19.6. The fraction of sp³-hybridized carbons (Fsp3) is 0.476. The molecule has 0 bridgehead atoms. The van der Waals surface area contributed by atoms with Crippen molar-refractivity contribution in [2.45, 2.75) is 25.9 Å². The molecule has 1 atom stereocenters. The summed E-state index contributed by atoms with van der Waals surface area (Å²) in [6, 6.07) is 7.69. The Morgan fingerprint density at radius 2 is 1.93 bits per heavy atom. The van der Waals surface area contributed by atoms with Gasteiger partial charge in [0.05, 0.1) is 0 Å². The van der Waals surface area contributed by atoms with Crippen LogP contribution in [0.2, 0.25) is 0 Å². The topological polar surface area (TPSA) is 61.7 Å². The number of aryl methyl sites for hydroxylation is 2. The van der Waals surface area contributed by atoms with Crippen LogP contribution in [0.1, 0.15) is 28.2 Å². The summed E-state index contributed by atoms with van der Waals surface area (Å²) < 4.78 is 14.9. The third-order valence-electron chi connectivity index (χ3n) is 5.87. The lowest BCUT2D eigenvalue weighted by Gasteiger charge is -2.40. The zero-order valence-electron chi connectivity index (χ0n) is 16.8. The molecule has 4 rings (SSSR count). The van der Waals surface area contributed by atoms with Crippen molar-refractivity contribution in [2.24, 2.45) is 7.05 Å². The highest BCUT2D eigenvalue weighted by molar-refractivity contribution is 5.93. The number of hydrogen-bond acceptors (Lipinski definition) is 4. The maximum Gasteiger partial charge on any atom is 0.274 e. The summed E-state index contributed by atoms with van der Waals surface area (Å²) in [6.07, 6.45) is 0.833. The van der Waals surface area contributed by atoms with Crippen LogP contribution in [0.4, 0.5) is 4.39 Å². The molecule has 7 nitrogen and oxygen atoms in total. The zero-order valence-corrected chi connectivity index (χ0v) is 16.8. The Hall–Kier alpha value is -2.74. The molecule has 0 spiro atoms. The molecule has 2 aliphatic rings. The molecule has 0 saturated carbocycles. The van der Waals surface area contributed by atoms with Gasteiger partial charge in [-0.3, -0.25) is 19.2 Å². The van der Waals surface area contributed by atoms with E-state index in [9.17, 15) is 14.0 Å². The SMILES string of the molecule is Cc1cc(C(=O)N2CCCN3CCN(Cc4ccc(F)cc4)C(=O)C3C2)nn1C. The van der Waals surface area contributed by atoms with Crippen molar-refractivity contribution in [3.8, 4) is 0 Å². The van der Waals surface area contributed by atoms with Gasteiger partial charge in [-0.1, -0.05) is 12.1 Å². The predicted molar refractivity (Wildman–Crippen MR) is 106 cm³/mol. The maximum atomic E-state index is 13.2. The summed E-state index contributed by atoms with van der Waals surface area (Å²) in [5, 5.41) is 4.30. The molecule has 0 radical (unpaired) electrons. The molecule has 1 aromatic heterocycles. The molecule has 8 heteroatoms. The van der Waals surface area contributed by atoms with E-state index in [4.69, 9.17) is 0 Å². The highest BCUT2D eigenvalue weighted by Crippen LogP contribution is 2.20. The first-order valence-corrected chi connectivity index (χ1v) is 9.99. The van der Waals surface area contributed by atoms with Crippen LogP contribution in [-0.4, -0.2) is 75.1 Å². The number of rotatable bonds is 3. The smallest absolute Gasteiger partial charge is 0.274 e. The molecule has 2 fully saturated rings. The fourth-order valence-electron chi connectivity index (χ4n) is 4.09. The van der Waals surface area contributed by atoms with Crippen LogP contribution in [-0.2, 0) is 18.4 Å². The number of nitrogens with zero attached hydrogens (tertiary/aromatic N) is 5. The minimum absolute atomic E-state index is 0.0254. The van der Waals surface area contributed by atoms with Gasteiger partial charge in [0.25, 0.3) is 5.91 Å². The minimum Gasteiger partial charge on any atom is -0.336 e. The van der Waals surface area contributed by atoms with Gasteiger partial charge in [0, 0.05) is 52.0 Å². The molecule has 0 N–H and O–H groups in total. The number of carbonyl (C=O) groups is 2. The monoisotopic (exact) mass is 399 g/mol. The van der Waals surface area contributed by atoms with Gasteiger partial charge in [-0.15, -0.1) is 0 Å². The Balaban J connectivity index is 1.49. The third kappa shape index (κ3) is 4.03. The van der Waals surface area contributed by atoms with Gasteiger partial charge in [-0.05, 0) is 37.1 Å². The molecule has 2 aromatic rings. The fourth-order valence-corrected chi connectivity index (χ4v) is 4.09. The lowest BCUT2D eigenvalue weighted by Crippen LogP contribution is -2.59. The molecular formula is C21H26FN5O2. The van der Waals surface area contributed by atoms with E-state index in [1.54, 1.807) is 27.8 Å². The Morgan fingerprint density at radius 1 is 1.17 bits per heavy atom. The second-order valence-electron chi connectivity index (χ2n) is 7.84. The molecule has 2 saturated heterocycles. The molecule has 2 amide bonds.